The molecule has 23 heavy (non-hydrogen) atoms. The predicted octanol–water partition coefficient (Wildman–Crippen LogP) is 1.61. The fraction of sp³-hybridized carbons (Fsp3) is 0.684. The van der Waals surface area contributed by atoms with Crippen molar-refractivity contribution in [1.29, 1.82) is 0 Å². The van der Waals surface area contributed by atoms with Crippen LogP contribution in [0.15, 0.2) is 24.3 Å². The van der Waals surface area contributed by atoms with Gasteiger partial charge in [-0.15, -0.1) is 0 Å². The molecule has 0 aliphatic carbocycles. The van der Waals surface area contributed by atoms with Gasteiger partial charge in [0.2, 0.25) is 0 Å². The summed E-state index contributed by atoms with van der Waals surface area (Å²) >= 11 is 0. The van der Waals surface area contributed by atoms with Gasteiger partial charge in [-0.25, -0.2) is 0 Å². The van der Waals surface area contributed by atoms with E-state index in [1.54, 1.807) is 0 Å². The van der Waals surface area contributed by atoms with Gasteiger partial charge >= 0.3 is 0 Å². The van der Waals surface area contributed by atoms with Crippen LogP contribution in [0.2, 0.25) is 0 Å². The second-order valence-corrected chi connectivity index (χ2v) is 7.38. The van der Waals surface area contributed by atoms with E-state index in [9.17, 15) is 5.11 Å². The van der Waals surface area contributed by atoms with Crippen LogP contribution in [0.5, 0.6) is 0 Å². The number of hydrogen-bond donors (Lipinski definition) is 2. The van der Waals surface area contributed by atoms with Crippen molar-refractivity contribution < 1.29 is 5.11 Å². The van der Waals surface area contributed by atoms with Crippen molar-refractivity contribution in [1.82, 2.24) is 9.80 Å². The quantitative estimate of drug-likeness (QED) is 0.837. The first kappa shape index (κ1) is 16.9. The van der Waals surface area contributed by atoms with Crippen LogP contribution < -0.4 is 5.73 Å². The zero-order valence-electron chi connectivity index (χ0n) is 14.2. The van der Waals surface area contributed by atoms with Crippen molar-refractivity contribution in [3.8, 4) is 0 Å². The van der Waals surface area contributed by atoms with E-state index in [1.165, 1.54) is 30.4 Å². The Morgan fingerprint density at radius 3 is 2.61 bits per heavy atom. The molecule has 2 saturated heterocycles. The summed E-state index contributed by atoms with van der Waals surface area (Å²) in [6.07, 6.45) is 5.75. The van der Waals surface area contributed by atoms with Gasteiger partial charge in [0.15, 0.2) is 0 Å². The van der Waals surface area contributed by atoms with Crippen molar-refractivity contribution >= 4 is 0 Å². The fourth-order valence-electron chi connectivity index (χ4n) is 4.05. The Morgan fingerprint density at radius 2 is 1.83 bits per heavy atom. The number of nitrogens with zero attached hydrogens (tertiary/aromatic N) is 2. The maximum Gasteiger partial charge on any atom is 0.0912 e. The minimum absolute atomic E-state index is 0.522. The van der Waals surface area contributed by atoms with Gasteiger partial charge in [0.1, 0.15) is 0 Å². The first-order valence-electron chi connectivity index (χ1n) is 9.12. The van der Waals surface area contributed by atoms with E-state index in [2.05, 4.69) is 34.1 Å². The van der Waals surface area contributed by atoms with Crippen LogP contribution in [0.3, 0.4) is 0 Å². The number of β-amino-alcohol motifs (C(OH)–C–C–N with tert-alkyl or cyclic N) is 1. The molecule has 0 aromatic heterocycles. The molecule has 2 aliphatic rings. The highest BCUT2D eigenvalue weighted by atomic mass is 16.3. The lowest BCUT2D eigenvalue weighted by Gasteiger charge is -2.33. The highest BCUT2D eigenvalue weighted by Crippen LogP contribution is 2.25. The molecule has 0 saturated carbocycles. The van der Waals surface area contributed by atoms with Gasteiger partial charge in [-0.05, 0) is 56.4 Å². The van der Waals surface area contributed by atoms with Crippen molar-refractivity contribution in [2.24, 2.45) is 5.73 Å². The van der Waals surface area contributed by atoms with E-state index in [4.69, 9.17) is 5.73 Å². The van der Waals surface area contributed by atoms with Crippen LogP contribution in [-0.4, -0.2) is 59.8 Å². The Hall–Kier alpha value is -0.940. The largest absolute Gasteiger partial charge is 0.387 e. The highest BCUT2D eigenvalue weighted by Gasteiger charge is 2.37. The summed E-state index contributed by atoms with van der Waals surface area (Å²) in [5, 5.41) is 10.9. The molecule has 4 nitrogen and oxygen atoms in total. The van der Waals surface area contributed by atoms with Crippen molar-refractivity contribution in [2.45, 2.75) is 44.2 Å². The highest BCUT2D eigenvalue weighted by molar-refractivity contribution is 5.24. The van der Waals surface area contributed by atoms with Crippen molar-refractivity contribution in [3.05, 3.63) is 35.4 Å². The molecular formula is C19H31N3O. The minimum atomic E-state index is -0.522. The third-order valence-electron chi connectivity index (χ3n) is 5.21. The zero-order valence-corrected chi connectivity index (χ0v) is 14.2. The van der Waals surface area contributed by atoms with E-state index < -0.39 is 5.60 Å². The SMILES string of the molecule is NCCc1cccc(CN2CCC(O)(CN3CCCCC3)C2)c1. The molecule has 4 heteroatoms. The average molecular weight is 317 g/mol. The molecule has 1 aromatic carbocycles. The van der Waals surface area contributed by atoms with Gasteiger partial charge in [-0.2, -0.15) is 0 Å². The van der Waals surface area contributed by atoms with Crippen LogP contribution >= 0.6 is 0 Å². The van der Waals surface area contributed by atoms with Crippen molar-refractivity contribution in [2.75, 3.05) is 39.3 Å². The molecule has 0 bridgehead atoms. The third kappa shape index (κ3) is 4.77. The fourth-order valence-corrected chi connectivity index (χ4v) is 4.05. The second kappa shape index (κ2) is 7.75. The number of nitrogens with two attached hydrogens (primary N) is 1. The Balaban J connectivity index is 1.53. The Morgan fingerprint density at radius 1 is 1.04 bits per heavy atom. The summed E-state index contributed by atoms with van der Waals surface area (Å²) in [7, 11) is 0. The maximum absolute atomic E-state index is 10.9. The number of hydrogen-bond acceptors (Lipinski definition) is 4. The molecule has 3 rings (SSSR count). The first-order chi connectivity index (χ1) is 11.2. The number of benzene rings is 1. The summed E-state index contributed by atoms with van der Waals surface area (Å²) in [6.45, 7) is 6.57. The first-order valence-corrected chi connectivity index (χ1v) is 9.12. The lowest BCUT2D eigenvalue weighted by molar-refractivity contribution is 0.00635. The van der Waals surface area contributed by atoms with Crippen molar-refractivity contribution in [3.63, 3.8) is 0 Å². The van der Waals surface area contributed by atoms with Gasteiger partial charge in [0.05, 0.1) is 5.60 Å². The second-order valence-electron chi connectivity index (χ2n) is 7.38. The van der Waals surface area contributed by atoms with Gasteiger partial charge in [-0.3, -0.25) is 4.90 Å². The van der Waals surface area contributed by atoms with Crippen LogP contribution in [0.25, 0.3) is 0 Å². The molecular weight excluding hydrogens is 286 g/mol. The molecule has 2 heterocycles. The Kier molecular flexibility index (Phi) is 5.70. The Labute approximate surface area is 140 Å². The molecule has 1 aromatic rings. The lowest BCUT2D eigenvalue weighted by atomic mass is 10.0. The molecule has 1 atom stereocenters. The maximum atomic E-state index is 10.9. The molecule has 3 N–H and O–H groups in total. The molecule has 0 spiro atoms. The number of likely N-dealkylation sites (tertiary alicyclic amines) is 2. The number of aliphatic hydroxyl groups is 1. The summed E-state index contributed by atoms with van der Waals surface area (Å²) in [5.74, 6) is 0. The summed E-state index contributed by atoms with van der Waals surface area (Å²) in [4.78, 5) is 4.85. The van der Waals surface area contributed by atoms with Gasteiger partial charge < -0.3 is 15.7 Å². The van der Waals surface area contributed by atoms with Gasteiger partial charge in [0.25, 0.3) is 0 Å². The molecule has 0 amide bonds. The molecule has 2 aliphatic heterocycles. The minimum Gasteiger partial charge on any atom is -0.387 e. The van der Waals surface area contributed by atoms with E-state index in [-0.39, 0.29) is 0 Å². The average Bonchev–Trinajstić information content (AvgIpc) is 2.89. The lowest BCUT2D eigenvalue weighted by Crippen LogP contribution is -2.46. The molecule has 128 valence electrons. The zero-order chi connectivity index (χ0) is 16.1. The molecule has 1 unspecified atom stereocenters. The van der Waals surface area contributed by atoms with Gasteiger partial charge in [-0.1, -0.05) is 30.7 Å². The van der Waals surface area contributed by atoms with Crippen LogP contribution in [0.1, 0.15) is 36.8 Å². The Bertz CT molecular complexity index is 501. The van der Waals surface area contributed by atoms with Crippen LogP contribution in [0.4, 0.5) is 0 Å². The topological polar surface area (TPSA) is 52.7 Å². The van der Waals surface area contributed by atoms with E-state index >= 15 is 0 Å². The molecule has 2 fully saturated rings. The number of rotatable bonds is 6. The normalized spacial score (nSPS) is 26.7. The monoisotopic (exact) mass is 317 g/mol. The standard InChI is InChI=1S/C19H31N3O/c20-9-7-17-5-4-6-18(13-17)14-22-12-8-19(23,16-22)15-21-10-2-1-3-11-21/h4-6,13,23H,1-3,7-12,14-16,20H2. The van der Waals surface area contributed by atoms with E-state index in [0.29, 0.717) is 6.54 Å². The van der Waals surface area contributed by atoms with E-state index in [0.717, 1.165) is 52.1 Å². The van der Waals surface area contributed by atoms with Crippen LogP contribution in [-0.2, 0) is 13.0 Å². The summed E-state index contributed by atoms with van der Waals surface area (Å²) < 4.78 is 0. The predicted molar refractivity (Wildman–Crippen MR) is 94.3 cm³/mol. The molecule has 0 radical (unpaired) electrons. The number of piperidine rings is 1. The summed E-state index contributed by atoms with van der Waals surface area (Å²) in [6, 6.07) is 8.71. The smallest absolute Gasteiger partial charge is 0.0912 e. The van der Waals surface area contributed by atoms with E-state index in [1.807, 2.05) is 0 Å². The third-order valence-corrected chi connectivity index (χ3v) is 5.21. The van der Waals surface area contributed by atoms with Gasteiger partial charge in [0, 0.05) is 26.2 Å². The summed E-state index contributed by atoms with van der Waals surface area (Å²) in [5.41, 5.74) is 7.77. The van der Waals surface area contributed by atoms with Crippen LogP contribution in [0, 0.1) is 0 Å².